The lowest BCUT2D eigenvalue weighted by atomic mass is 10.0. The smallest absolute Gasteiger partial charge is 0.270 e. The number of nitrogens with one attached hydrogen (secondary N) is 1. The normalized spacial score (nSPS) is 25.8. The third kappa shape index (κ3) is 2.40. The van der Waals surface area contributed by atoms with Crippen LogP contribution in [0.2, 0.25) is 0 Å². The first-order chi connectivity index (χ1) is 9.29. The molecule has 19 heavy (non-hydrogen) atoms. The van der Waals surface area contributed by atoms with E-state index in [4.69, 9.17) is 4.74 Å². The number of methoxy groups -OCH3 is 1. The molecule has 3 rings (SSSR count). The summed E-state index contributed by atoms with van der Waals surface area (Å²) in [5, 5.41) is 3.40. The quantitative estimate of drug-likeness (QED) is 0.857. The first-order valence-corrected chi connectivity index (χ1v) is 6.93. The predicted molar refractivity (Wildman–Crippen MR) is 72.1 cm³/mol. The molecule has 5 heteroatoms. The lowest BCUT2D eigenvalue weighted by Crippen LogP contribution is -2.33. The minimum Gasteiger partial charge on any atom is -0.383 e. The molecule has 0 unspecified atom stereocenters. The number of carbonyl (C=O) groups is 1. The molecule has 104 valence electrons. The summed E-state index contributed by atoms with van der Waals surface area (Å²) < 4.78 is 7.07. The fourth-order valence-corrected chi connectivity index (χ4v) is 3.18. The van der Waals surface area contributed by atoms with Crippen molar-refractivity contribution in [2.75, 3.05) is 39.9 Å². The molecule has 1 N–H and O–H groups in total. The van der Waals surface area contributed by atoms with E-state index in [1.54, 1.807) is 7.11 Å². The Morgan fingerprint density at radius 3 is 2.84 bits per heavy atom. The summed E-state index contributed by atoms with van der Waals surface area (Å²) in [6, 6.07) is 3.84. The van der Waals surface area contributed by atoms with Crippen LogP contribution in [0.1, 0.15) is 10.5 Å². The third-order valence-electron chi connectivity index (χ3n) is 4.26. The molecule has 0 spiro atoms. The fraction of sp³-hybridized carbons (Fsp3) is 0.643. The van der Waals surface area contributed by atoms with E-state index in [-0.39, 0.29) is 5.91 Å². The van der Waals surface area contributed by atoms with E-state index in [2.05, 4.69) is 5.32 Å². The number of hydrogen-bond donors (Lipinski definition) is 1. The number of ether oxygens (including phenoxy) is 1. The van der Waals surface area contributed by atoms with Crippen LogP contribution in [0, 0.1) is 11.8 Å². The highest BCUT2D eigenvalue weighted by molar-refractivity contribution is 5.93. The summed E-state index contributed by atoms with van der Waals surface area (Å²) >= 11 is 0. The number of fused-ring (bicyclic) bond motifs is 1. The van der Waals surface area contributed by atoms with Gasteiger partial charge < -0.3 is 19.5 Å². The molecule has 2 fully saturated rings. The maximum absolute atomic E-state index is 12.6. The molecular weight excluding hydrogens is 242 g/mol. The molecule has 2 aliphatic heterocycles. The lowest BCUT2D eigenvalue weighted by molar-refractivity contribution is 0.0768. The summed E-state index contributed by atoms with van der Waals surface area (Å²) in [6.07, 6.45) is 1.95. The summed E-state index contributed by atoms with van der Waals surface area (Å²) in [6.45, 7) is 5.26. The molecule has 5 nitrogen and oxygen atoms in total. The molecule has 0 aliphatic carbocycles. The third-order valence-corrected chi connectivity index (χ3v) is 4.26. The zero-order valence-electron chi connectivity index (χ0n) is 11.3. The van der Waals surface area contributed by atoms with E-state index in [0.717, 1.165) is 38.4 Å². The van der Waals surface area contributed by atoms with Gasteiger partial charge in [0.2, 0.25) is 0 Å². The van der Waals surface area contributed by atoms with Crippen molar-refractivity contribution in [3.63, 3.8) is 0 Å². The van der Waals surface area contributed by atoms with Gasteiger partial charge in [0, 0.05) is 46.0 Å². The molecule has 2 saturated heterocycles. The van der Waals surface area contributed by atoms with Gasteiger partial charge in [-0.3, -0.25) is 4.79 Å². The van der Waals surface area contributed by atoms with Crippen molar-refractivity contribution < 1.29 is 9.53 Å². The van der Waals surface area contributed by atoms with Gasteiger partial charge in [-0.15, -0.1) is 0 Å². The van der Waals surface area contributed by atoms with Gasteiger partial charge in [-0.25, -0.2) is 0 Å². The Morgan fingerprint density at radius 2 is 2.16 bits per heavy atom. The molecule has 2 atom stereocenters. The molecule has 1 aromatic rings. The van der Waals surface area contributed by atoms with E-state index in [1.807, 2.05) is 27.8 Å². The van der Waals surface area contributed by atoms with Crippen molar-refractivity contribution in [2.45, 2.75) is 6.54 Å². The summed E-state index contributed by atoms with van der Waals surface area (Å²) in [5.41, 5.74) is 0.782. The van der Waals surface area contributed by atoms with Crippen molar-refractivity contribution >= 4 is 5.91 Å². The maximum Gasteiger partial charge on any atom is 0.270 e. The largest absolute Gasteiger partial charge is 0.383 e. The van der Waals surface area contributed by atoms with Gasteiger partial charge in [0.25, 0.3) is 5.91 Å². The van der Waals surface area contributed by atoms with Crippen LogP contribution in [0.25, 0.3) is 0 Å². The van der Waals surface area contributed by atoms with Crippen molar-refractivity contribution in [1.29, 1.82) is 0 Å². The fourth-order valence-electron chi connectivity index (χ4n) is 3.18. The second-order valence-corrected chi connectivity index (χ2v) is 5.47. The van der Waals surface area contributed by atoms with Crippen molar-refractivity contribution in [3.8, 4) is 0 Å². The van der Waals surface area contributed by atoms with Gasteiger partial charge in [0.1, 0.15) is 5.69 Å². The van der Waals surface area contributed by atoms with E-state index in [1.165, 1.54) is 0 Å². The monoisotopic (exact) mass is 263 g/mol. The lowest BCUT2D eigenvalue weighted by Gasteiger charge is -2.18. The molecule has 2 aliphatic rings. The van der Waals surface area contributed by atoms with Crippen LogP contribution in [-0.2, 0) is 11.3 Å². The first kappa shape index (κ1) is 12.7. The van der Waals surface area contributed by atoms with E-state index >= 15 is 0 Å². The number of amides is 1. The molecule has 1 aromatic heterocycles. The van der Waals surface area contributed by atoms with Crippen molar-refractivity contribution in [1.82, 2.24) is 14.8 Å². The Hall–Kier alpha value is -1.33. The standard InChI is InChI=1S/C14H21N3O2/c1-19-6-5-16-4-2-3-13(16)14(18)17-9-11-7-15-8-12(11)10-17/h2-4,11-12,15H,5-10H2,1H3/t11-,12+. The second kappa shape index (κ2) is 5.35. The van der Waals surface area contributed by atoms with Crippen LogP contribution in [0.5, 0.6) is 0 Å². The van der Waals surface area contributed by atoms with Crippen LogP contribution in [-0.4, -0.2) is 55.3 Å². The van der Waals surface area contributed by atoms with Crippen LogP contribution in [0.3, 0.4) is 0 Å². The highest BCUT2D eigenvalue weighted by atomic mass is 16.5. The number of nitrogens with zero attached hydrogens (tertiary/aromatic N) is 2. The number of carbonyl (C=O) groups excluding carboxylic acids is 1. The Kier molecular flexibility index (Phi) is 3.57. The van der Waals surface area contributed by atoms with Gasteiger partial charge in [-0.2, -0.15) is 0 Å². The van der Waals surface area contributed by atoms with Crippen LogP contribution >= 0.6 is 0 Å². The molecule has 0 aromatic carbocycles. The van der Waals surface area contributed by atoms with Gasteiger partial charge >= 0.3 is 0 Å². The summed E-state index contributed by atoms with van der Waals surface area (Å²) in [4.78, 5) is 14.6. The minimum atomic E-state index is 0.163. The molecular formula is C14H21N3O2. The van der Waals surface area contributed by atoms with Crippen molar-refractivity contribution in [2.24, 2.45) is 11.8 Å². The summed E-state index contributed by atoms with van der Waals surface area (Å²) in [7, 11) is 1.68. The van der Waals surface area contributed by atoms with Gasteiger partial charge in [0.15, 0.2) is 0 Å². The SMILES string of the molecule is COCCn1cccc1C(=O)N1C[C@H]2CNC[C@H]2C1. The molecule has 3 heterocycles. The van der Waals surface area contributed by atoms with Gasteiger partial charge in [0.05, 0.1) is 6.61 Å². The van der Waals surface area contributed by atoms with E-state index < -0.39 is 0 Å². The van der Waals surface area contributed by atoms with Crippen LogP contribution < -0.4 is 5.32 Å². The molecule has 1 amide bonds. The predicted octanol–water partition coefficient (Wildman–Crippen LogP) is 0.426. The minimum absolute atomic E-state index is 0.163. The first-order valence-electron chi connectivity index (χ1n) is 6.93. The van der Waals surface area contributed by atoms with Crippen LogP contribution in [0.4, 0.5) is 0 Å². The number of hydrogen-bond acceptors (Lipinski definition) is 3. The zero-order chi connectivity index (χ0) is 13.2. The van der Waals surface area contributed by atoms with Crippen molar-refractivity contribution in [3.05, 3.63) is 24.0 Å². The Balaban J connectivity index is 1.69. The Labute approximate surface area is 113 Å². The Morgan fingerprint density at radius 1 is 1.42 bits per heavy atom. The average molecular weight is 263 g/mol. The second-order valence-electron chi connectivity index (χ2n) is 5.47. The Bertz CT molecular complexity index is 445. The van der Waals surface area contributed by atoms with E-state index in [0.29, 0.717) is 18.4 Å². The van der Waals surface area contributed by atoms with Gasteiger partial charge in [-0.1, -0.05) is 0 Å². The number of likely N-dealkylation sites (tertiary alicyclic amines) is 1. The highest BCUT2D eigenvalue weighted by Crippen LogP contribution is 2.27. The zero-order valence-corrected chi connectivity index (χ0v) is 11.3. The number of aromatic nitrogens is 1. The highest BCUT2D eigenvalue weighted by Gasteiger charge is 2.38. The van der Waals surface area contributed by atoms with E-state index in [9.17, 15) is 4.79 Å². The molecule has 0 bridgehead atoms. The van der Waals surface area contributed by atoms with Gasteiger partial charge in [-0.05, 0) is 24.0 Å². The maximum atomic E-state index is 12.6. The van der Waals surface area contributed by atoms with Crippen LogP contribution in [0.15, 0.2) is 18.3 Å². The topological polar surface area (TPSA) is 46.5 Å². The molecule has 0 saturated carbocycles. The average Bonchev–Trinajstić information content (AvgIpc) is 3.09. The number of rotatable bonds is 4. The molecule has 0 radical (unpaired) electrons. The summed E-state index contributed by atoms with van der Waals surface area (Å²) in [5.74, 6) is 1.45.